The van der Waals surface area contributed by atoms with E-state index in [1.807, 2.05) is 25.2 Å². The molecule has 0 amide bonds. The first-order valence-electron chi connectivity index (χ1n) is 5.54. The monoisotopic (exact) mass is 197 g/mol. The third-order valence-corrected chi connectivity index (χ3v) is 2.09. The number of hydrogen-bond donors (Lipinski definition) is 0. The van der Waals surface area contributed by atoms with Gasteiger partial charge in [0.2, 0.25) is 0 Å². The van der Waals surface area contributed by atoms with E-state index in [4.69, 9.17) is 0 Å². The van der Waals surface area contributed by atoms with Crippen molar-refractivity contribution in [1.82, 2.24) is 4.90 Å². The fourth-order valence-electron chi connectivity index (χ4n) is 1.22. The van der Waals surface area contributed by atoms with Crippen LogP contribution in [0.4, 0.5) is 0 Å². The van der Waals surface area contributed by atoms with Gasteiger partial charge in [0.05, 0.1) is 0 Å². The van der Waals surface area contributed by atoms with Crippen molar-refractivity contribution in [2.24, 2.45) is 0 Å². The minimum atomic E-state index is 0.246. The van der Waals surface area contributed by atoms with Crippen LogP contribution in [0.5, 0.6) is 0 Å². The zero-order valence-electron chi connectivity index (χ0n) is 9.75. The highest BCUT2D eigenvalue weighted by atomic mass is 16.1. The van der Waals surface area contributed by atoms with E-state index in [0.29, 0.717) is 6.42 Å². The molecule has 2 nitrogen and oxygen atoms in total. The van der Waals surface area contributed by atoms with Crippen LogP contribution in [0.3, 0.4) is 0 Å². The molecule has 0 saturated heterocycles. The highest BCUT2D eigenvalue weighted by Crippen LogP contribution is 2.05. The van der Waals surface area contributed by atoms with Gasteiger partial charge < -0.3 is 4.90 Å². The molecule has 0 atom stereocenters. The van der Waals surface area contributed by atoms with Crippen LogP contribution in [0.15, 0.2) is 12.3 Å². The number of hydrogen-bond acceptors (Lipinski definition) is 2. The van der Waals surface area contributed by atoms with E-state index in [0.717, 1.165) is 6.42 Å². The Balaban J connectivity index is 3.36. The topological polar surface area (TPSA) is 20.3 Å². The largest absolute Gasteiger partial charge is 0.383 e. The van der Waals surface area contributed by atoms with Crippen LogP contribution in [0.1, 0.15) is 45.4 Å². The summed E-state index contributed by atoms with van der Waals surface area (Å²) in [5.74, 6) is 0.246. The van der Waals surface area contributed by atoms with Crippen molar-refractivity contribution in [2.45, 2.75) is 45.4 Å². The van der Waals surface area contributed by atoms with E-state index in [1.54, 1.807) is 6.08 Å². The summed E-state index contributed by atoms with van der Waals surface area (Å²) in [4.78, 5) is 13.2. The second-order valence-corrected chi connectivity index (χ2v) is 3.91. The van der Waals surface area contributed by atoms with E-state index in [-0.39, 0.29) is 5.78 Å². The molecule has 2 heteroatoms. The van der Waals surface area contributed by atoms with Gasteiger partial charge in [0.1, 0.15) is 0 Å². The summed E-state index contributed by atoms with van der Waals surface area (Å²) in [6.07, 6.45) is 10.2. The summed E-state index contributed by atoms with van der Waals surface area (Å²) in [5, 5.41) is 0. The molecule has 0 rings (SSSR count). The first kappa shape index (κ1) is 13.2. The maximum Gasteiger partial charge on any atom is 0.157 e. The summed E-state index contributed by atoms with van der Waals surface area (Å²) in [7, 11) is 3.84. The number of carbonyl (C=O) groups excluding carboxylic acids is 1. The molecule has 0 aliphatic heterocycles. The number of carbonyl (C=O) groups is 1. The lowest BCUT2D eigenvalue weighted by Crippen LogP contribution is -2.02. The fourth-order valence-corrected chi connectivity index (χ4v) is 1.22. The third-order valence-electron chi connectivity index (χ3n) is 2.09. The molecule has 0 saturated carbocycles. The van der Waals surface area contributed by atoms with Crippen LogP contribution in [0.25, 0.3) is 0 Å². The zero-order chi connectivity index (χ0) is 10.8. The van der Waals surface area contributed by atoms with Crippen LogP contribution in [-0.2, 0) is 4.79 Å². The molecule has 0 aromatic rings. The van der Waals surface area contributed by atoms with Gasteiger partial charge in [-0.15, -0.1) is 0 Å². The highest BCUT2D eigenvalue weighted by molar-refractivity contribution is 5.89. The first-order valence-corrected chi connectivity index (χ1v) is 5.54. The number of nitrogens with zero attached hydrogens (tertiary/aromatic N) is 1. The molecular formula is C12H23NO. The molecule has 14 heavy (non-hydrogen) atoms. The third kappa shape index (κ3) is 9.30. The second-order valence-electron chi connectivity index (χ2n) is 3.91. The van der Waals surface area contributed by atoms with Crippen LogP contribution < -0.4 is 0 Å². The van der Waals surface area contributed by atoms with E-state index < -0.39 is 0 Å². The summed E-state index contributed by atoms with van der Waals surface area (Å²) in [6.45, 7) is 2.20. The van der Waals surface area contributed by atoms with Crippen LogP contribution in [0, 0.1) is 0 Å². The van der Waals surface area contributed by atoms with Crippen molar-refractivity contribution in [2.75, 3.05) is 14.1 Å². The molecule has 0 aromatic heterocycles. The van der Waals surface area contributed by atoms with Crippen LogP contribution in [0.2, 0.25) is 0 Å². The predicted molar refractivity (Wildman–Crippen MR) is 61.2 cm³/mol. The molecule has 0 spiro atoms. The Morgan fingerprint density at radius 2 is 1.79 bits per heavy atom. The lowest BCUT2D eigenvalue weighted by Gasteiger charge is -2.02. The van der Waals surface area contributed by atoms with Crippen molar-refractivity contribution in [3.8, 4) is 0 Å². The van der Waals surface area contributed by atoms with Gasteiger partial charge in [-0.3, -0.25) is 4.79 Å². The molecule has 0 aliphatic rings. The average Bonchev–Trinajstić information content (AvgIpc) is 2.14. The van der Waals surface area contributed by atoms with E-state index in [1.165, 1.54) is 25.7 Å². The maximum atomic E-state index is 11.3. The van der Waals surface area contributed by atoms with Gasteiger partial charge in [-0.2, -0.15) is 0 Å². The van der Waals surface area contributed by atoms with Crippen molar-refractivity contribution >= 4 is 5.78 Å². The standard InChI is InChI=1S/C12H23NO/c1-4-5-6-7-8-9-12(14)10-11-13(2)3/h10-11H,4-9H2,1-3H3/b11-10+. The molecule has 0 bridgehead atoms. The minimum absolute atomic E-state index is 0.246. The van der Waals surface area contributed by atoms with Gasteiger partial charge in [-0.25, -0.2) is 0 Å². The number of ketones is 1. The SMILES string of the molecule is CCCCCCCC(=O)/C=C/N(C)C. The number of rotatable bonds is 8. The minimum Gasteiger partial charge on any atom is -0.383 e. The van der Waals surface area contributed by atoms with Crippen molar-refractivity contribution < 1.29 is 4.79 Å². The van der Waals surface area contributed by atoms with E-state index in [9.17, 15) is 4.79 Å². The number of allylic oxidation sites excluding steroid dienone is 1. The Bertz CT molecular complexity index is 173. The Morgan fingerprint density at radius 3 is 2.36 bits per heavy atom. The zero-order valence-corrected chi connectivity index (χ0v) is 9.75. The predicted octanol–water partition coefficient (Wildman–Crippen LogP) is 2.99. The Morgan fingerprint density at radius 1 is 1.14 bits per heavy atom. The number of unbranched alkanes of at least 4 members (excludes halogenated alkanes) is 4. The fraction of sp³-hybridized carbons (Fsp3) is 0.750. The molecule has 0 N–H and O–H groups in total. The molecular weight excluding hydrogens is 174 g/mol. The first-order chi connectivity index (χ1) is 6.66. The normalized spacial score (nSPS) is 10.8. The molecule has 0 aromatic carbocycles. The Kier molecular flexibility index (Phi) is 8.30. The lowest BCUT2D eigenvalue weighted by molar-refractivity contribution is -0.114. The van der Waals surface area contributed by atoms with Crippen LogP contribution in [-0.4, -0.2) is 24.8 Å². The molecule has 0 aliphatic carbocycles. The highest BCUT2D eigenvalue weighted by Gasteiger charge is 1.96. The summed E-state index contributed by atoms with van der Waals surface area (Å²) >= 11 is 0. The maximum absolute atomic E-state index is 11.3. The molecule has 0 unspecified atom stereocenters. The van der Waals surface area contributed by atoms with Gasteiger partial charge in [0.15, 0.2) is 5.78 Å². The molecule has 0 heterocycles. The van der Waals surface area contributed by atoms with Crippen molar-refractivity contribution in [1.29, 1.82) is 0 Å². The Hall–Kier alpha value is -0.790. The summed E-state index contributed by atoms with van der Waals surface area (Å²) in [6, 6.07) is 0. The summed E-state index contributed by atoms with van der Waals surface area (Å²) in [5.41, 5.74) is 0. The lowest BCUT2D eigenvalue weighted by atomic mass is 10.1. The van der Waals surface area contributed by atoms with Crippen LogP contribution >= 0.6 is 0 Å². The molecule has 0 fully saturated rings. The molecule has 0 radical (unpaired) electrons. The average molecular weight is 197 g/mol. The van der Waals surface area contributed by atoms with Crippen molar-refractivity contribution in [3.63, 3.8) is 0 Å². The second kappa shape index (κ2) is 8.79. The Labute approximate surface area is 88.0 Å². The quantitative estimate of drug-likeness (QED) is 0.440. The van der Waals surface area contributed by atoms with E-state index >= 15 is 0 Å². The van der Waals surface area contributed by atoms with Gasteiger partial charge in [0, 0.05) is 26.7 Å². The van der Waals surface area contributed by atoms with E-state index in [2.05, 4.69) is 6.92 Å². The smallest absolute Gasteiger partial charge is 0.157 e. The van der Waals surface area contributed by atoms with Crippen molar-refractivity contribution in [3.05, 3.63) is 12.3 Å². The van der Waals surface area contributed by atoms with Gasteiger partial charge in [-0.05, 0) is 12.5 Å². The molecule has 82 valence electrons. The van der Waals surface area contributed by atoms with Gasteiger partial charge in [0.25, 0.3) is 0 Å². The summed E-state index contributed by atoms with van der Waals surface area (Å²) < 4.78 is 0. The van der Waals surface area contributed by atoms with Gasteiger partial charge >= 0.3 is 0 Å². The van der Waals surface area contributed by atoms with Gasteiger partial charge in [-0.1, -0.05) is 32.6 Å².